The molecule has 0 radical (unpaired) electrons. The van der Waals surface area contributed by atoms with Gasteiger partial charge in [0.2, 0.25) is 0 Å². The molecule has 0 saturated heterocycles. The van der Waals surface area contributed by atoms with Gasteiger partial charge >= 0.3 is 10.4 Å². The zero-order valence-corrected chi connectivity index (χ0v) is 7.61. The van der Waals surface area contributed by atoms with Crippen molar-refractivity contribution >= 4 is 10.4 Å². The third-order valence-electron chi connectivity index (χ3n) is 1.01. The smallest absolute Gasteiger partial charge is 0.390 e. The van der Waals surface area contributed by atoms with Crippen molar-refractivity contribution in [1.82, 2.24) is 0 Å². The van der Waals surface area contributed by atoms with Gasteiger partial charge in [-0.05, 0) is 0 Å². The number of hydrogen-bond donors (Lipinski definition) is 6. The van der Waals surface area contributed by atoms with E-state index < -0.39 is 15.9 Å². The van der Waals surface area contributed by atoms with Crippen molar-refractivity contribution in [1.29, 1.82) is 0 Å². The molecule has 0 heterocycles. The van der Waals surface area contributed by atoms with E-state index in [2.05, 4.69) is 5.73 Å². The summed E-state index contributed by atoms with van der Waals surface area (Å²) in [6, 6.07) is 0. The number of aliphatic hydroxyl groups excluding tert-OH is 3. The standard InChI is InChI=1S/C4H11NO3.H2O4S/c5-4(1-6,2-7)3-8;1-5(2,3)4/h6-8H,1-3,5H2;(H2,1,2,3,4)/p+1. The van der Waals surface area contributed by atoms with Gasteiger partial charge in [-0.1, -0.05) is 0 Å². The fourth-order valence-corrected chi connectivity index (χ4v) is 0.150. The molecule has 0 aliphatic heterocycles. The van der Waals surface area contributed by atoms with Crippen molar-refractivity contribution in [3.63, 3.8) is 0 Å². The van der Waals surface area contributed by atoms with E-state index in [9.17, 15) is 0 Å². The molecular formula is C4H14NO7S+. The first-order chi connectivity index (χ1) is 5.68. The Bertz CT molecular complexity index is 192. The van der Waals surface area contributed by atoms with E-state index in [0.717, 1.165) is 0 Å². The molecule has 0 unspecified atom stereocenters. The fourth-order valence-electron chi connectivity index (χ4n) is 0.150. The molecule has 0 aromatic carbocycles. The van der Waals surface area contributed by atoms with E-state index in [1.807, 2.05) is 0 Å². The van der Waals surface area contributed by atoms with Crippen molar-refractivity contribution in [2.24, 2.45) is 0 Å². The van der Waals surface area contributed by atoms with Crippen LogP contribution in [-0.4, -0.2) is 58.2 Å². The number of rotatable bonds is 3. The van der Waals surface area contributed by atoms with E-state index in [-0.39, 0.29) is 19.8 Å². The average molecular weight is 220 g/mol. The lowest BCUT2D eigenvalue weighted by Crippen LogP contribution is -2.78. The van der Waals surface area contributed by atoms with Crippen LogP contribution >= 0.6 is 0 Å². The van der Waals surface area contributed by atoms with Crippen LogP contribution in [0.5, 0.6) is 0 Å². The Morgan fingerprint density at radius 1 is 1.00 bits per heavy atom. The summed E-state index contributed by atoms with van der Waals surface area (Å²) in [6.45, 7) is -0.875. The third kappa shape index (κ3) is 14.6. The Labute approximate surface area is 75.2 Å². The van der Waals surface area contributed by atoms with Crippen LogP contribution in [0.4, 0.5) is 0 Å². The zero-order valence-electron chi connectivity index (χ0n) is 6.79. The molecule has 0 aliphatic rings. The molecule has 0 rings (SSSR count). The predicted octanol–water partition coefficient (Wildman–Crippen LogP) is -3.71. The summed E-state index contributed by atoms with van der Waals surface area (Å²) in [5, 5.41) is 25.2. The van der Waals surface area contributed by atoms with Gasteiger partial charge in [0.15, 0.2) is 5.54 Å². The molecule has 8 N–H and O–H groups in total. The van der Waals surface area contributed by atoms with E-state index in [1.165, 1.54) is 0 Å². The molecule has 0 fully saturated rings. The van der Waals surface area contributed by atoms with Crippen molar-refractivity contribution in [2.75, 3.05) is 19.8 Å². The summed E-state index contributed by atoms with van der Waals surface area (Å²) in [5.41, 5.74) is 2.42. The third-order valence-corrected chi connectivity index (χ3v) is 1.01. The maximum atomic E-state index is 8.74. The molecule has 0 atom stereocenters. The minimum absolute atomic E-state index is 0.292. The molecule has 0 bridgehead atoms. The van der Waals surface area contributed by atoms with Gasteiger partial charge in [0, 0.05) is 0 Å². The van der Waals surface area contributed by atoms with Gasteiger partial charge in [0.05, 0.1) is 0 Å². The van der Waals surface area contributed by atoms with Gasteiger partial charge in [-0.3, -0.25) is 9.11 Å². The molecule has 82 valence electrons. The molecule has 0 spiro atoms. The molecule has 0 aromatic heterocycles. The van der Waals surface area contributed by atoms with E-state index in [4.69, 9.17) is 32.8 Å². The van der Waals surface area contributed by atoms with Gasteiger partial charge in [0.25, 0.3) is 0 Å². The zero-order chi connectivity index (χ0) is 11.1. The first-order valence-electron chi connectivity index (χ1n) is 3.06. The SMILES string of the molecule is O=S(=O)(O)O.[NH3+]C(CO)(CO)CO. The molecule has 0 aromatic rings. The van der Waals surface area contributed by atoms with Gasteiger partial charge < -0.3 is 21.1 Å². The van der Waals surface area contributed by atoms with Crippen molar-refractivity contribution < 1.29 is 38.6 Å². The maximum Gasteiger partial charge on any atom is 0.394 e. The van der Waals surface area contributed by atoms with Crippen LogP contribution in [0.1, 0.15) is 0 Å². The predicted molar refractivity (Wildman–Crippen MR) is 41.1 cm³/mol. The Morgan fingerprint density at radius 3 is 1.15 bits per heavy atom. The van der Waals surface area contributed by atoms with Gasteiger partial charge in [-0.15, -0.1) is 0 Å². The van der Waals surface area contributed by atoms with Crippen LogP contribution in [0.3, 0.4) is 0 Å². The van der Waals surface area contributed by atoms with Crippen LogP contribution in [0.25, 0.3) is 0 Å². The second kappa shape index (κ2) is 6.21. The number of hydrogen-bond acceptors (Lipinski definition) is 5. The van der Waals surface area contributed by atoms with Crippen molar-refractivity contribution in [3.8, 4) is 0 Å². The van der Waals surface area contributed by atoms with Crippen LogP contribution in [0.2, 0.25) is 0 Å². The molecule has 0 saturated carbocycles. The van der Waals surface area contributed by atoms with Gasteiger partial charge in [-0.2, -0.15) is 8.42 Å². The first-order valence-corrected chi connectivity index (χ1v) is 4.46. The minimum atomic E-state index is -4.67. The second-order valence-electron chi connectivity index (χ2n) is 2.42. The normalized spacial score (nSPS) is 11.8. The second-order valence-corrected chi connectivity index (χ2v) is 3.32. The van der Waals surface area contributed by atoms with E-state index in [1.54, 1.807) is 0 Å². The van der Waals surface area contributed by atoms with Crippen molar-refractivity contribution in [2.45, 2.75) is 5.54 Å². The summed E-state index contributed by atoms with van der Waals surface area (Å²) >= 11 is 0. The highest BCUT2D eigenvalue weighted by molar-refractivity contribution is 7.79. The lowest BCUT2D eigenvalue weighted by molar-refractivity contribution is -0.494. The summed E-state index contributed by atoms with van der Waals surface area (Å²) in [7, 11) is -4.67. The minimum Gasteiger partial charge on any atom is -0.390 e. The quantitative estimate of drug-likeness (QED) is 0.266. The molecule has 13 heavy (non-hydrogen) atoms. The Balaban J connectivity index is 0. The van der Waals surface area contributed by atoms with Gasteiger partial charge in [-0.25, -0.2) is 0 Å². The summed E-state index contributed by atoms with van der Waals surface area (Å²) in [5.74, 6) is 0. The van der Waals surface area contributed by atoms with Crippen LogP contribution in [-0.2, 0) is 10.4 Å². The highest BCUT2D eigenvalue weighted by atomic mass is 32.3. The lowest BCUT2D eigenvalue weighted by atomic mass is 10.1. The summed E-state index contributed by atoms with van der Waals surface area (Å²) in [4.78, 5) is 0. The lowest BCUT2D eigenvalue weighted by Gasteiger charge is -2.16. The molecule has 8 nitrogen and oxygen atoms in total. The summed E-state index contributed by atoms with van der Waals surface area (Å²) < 4.78 is 31.6. The Hall–Kier alpha value is -0.290. The van der Waals surface area contributed by atoms with E-state index >= 15 is 0 Å². The first kappa shape index (κ1) is 15.2. The molecule has 0 aliphatic carbocycles. The Morgan fingerprint density at radius 2 is 1.15 bits per heavy atom. The monoisotopic (exact) mass is 220 g/mol. The van der Waals surface area contributed by atoms with Crippen molar-refractivity contribution in [3.05, 3.63) is 0 Å². The highest BCUT2D eigenvalue weighted by Gasteiger charge is 2.25. The topological polar surface area (TPSA) is 163 Å². The van der Waals surface area contributed by atoms with Crippen LogP contribution in [0.15, 0.2) is 0 Å². The number of aliphatic hydroxyl groups is 3. The molecular weight excluding hydrogens is 206 g/mol. The van der Waals surface area contributed by atoms with Crippen LogP contribution < -0.4 is 5.73 Å². The summed E-state index contributed by atoms with van der Waals surface area (Å²) in [6.07, 6.45) is 0. The maximum absolute atomic E-state index is 8.74. The highest BCUT2D eigenvalue weighted by Crippen LogP contribution is 1.89. The van der Waals surface area contributed by atoms with Crippen LogP contribution in [0, 0.1) is 0 Å². The molecule has 0 amide bonds. The average Bonchev–Trinajstić information content (AvgIpc) is 2.00. The Kier molecular flexibility index (Phi) is 7.26. The molecule has 9 heteroatoms. The van der Waals surface area contributed by atoms with Gasteiger partial charge in [0.1, 0.15) is 19.8 Å². The number of quaternary nitrogens is 1. The fraction of sp³-hybridized carbons (Fsp3) is 1.00. The van der Waals surface area contributed by atoms with E-state index in [0.29, 0.717) is 0 Å². The largest absolute Gasteiger partial charge is 0.394 e.